The molecule has 0 aliphatic rings. The number of carbonyl (C=O) groups excluding carboxylic acids is 2. The Morgan fingerprint density at radius 2 is 1.62 bits per heavy atom. The summed E-state index contributed by atoms with van der Waals surface area (Å²) in [6.45, 7) is 7.58. The van der Waals surface area contributed by atoms with Crippen molar-refractivity contribution >= 4 is 23.8 Å². The van der Waals surface area contributed by atoms with Crippen LogP contribution in [-0.2, 0) is 19.2 Å². The number of carboxylic acid groups (broad SMARTS) is 1. The molecule has 0 heterocycles. The van der Waals surface area contributed by atoms with E-state index in [-0.39, 0.29) is 0 Å². The number of carbonyl (C=O) groups is 3. The molecule has 0 aliphatic heterocycles. The quantitative estimate of drug-likeness (QED) is 0.317. The molecule has 0 radical (unpaired) electrons. The van der Waals surface area contributed by atoms with Gasteiger partial charge in [-0.3, -0.25) is 10.2 Å². The summed E-state index contributed by atoms with van der Waals surface area (Å²) >= 11 is 0. The van der Waals surface area contributed by atoms with Gasteiger partial charge in [0.05, 0.1) is 0 Å². The van der Waals surface area contributed by atoms with E-state index in [4.69, 9.17) is 20.4 Å². The van der Waals surface area contributed by atoms with Gasteiger partial charge >= 0.3 is 12.1 Å². The van der Waals surface area contributed by atoms with Gasteiger partial charge < -0.3 is 20.4 Å². The van der Waals surface area contributed by atoms with E-state index in [9.17, 15) is 14.4 Å². The van der Waals surface area contributed by atoms with Crippen LogP contribution in [0.15, 0.2) is 5.16 Å². The normalized spacial score (nSPS) is 12.3. The lowest BCUT2D eigenvalue weighted by Crippen LogP contribution is -2.52. The summed E-state index contributed by atoms with van der Waals surface area (Å²) in [4.78, 5) is 38.2. The molecular formula is C11H20N4O6. The van der Waals surface area contributed by atoms with Crippen LogP contribution < -0.4 is 16.6 Å². The van der Waals surface area contributed by atoms with Crippen molar-refractivity contribution in [3.05, 3.63) is 0 Å². The molecule has 0 aromatic rings. The molecular weight excluding hydrogens is 284 g/mol. The van der Waals surface area contributed by atoms with E-state index in [1.165, 1.54) is 13.8 Å². The van der Waals surface area contributed by atoms with Gasteiger partial charge in [0, 0.05) is 0 Å². The molecule has 0 atom stereocenters. The first-order chi connectivity index (χ1) is 9.35. The minimum absolute atomic E-state index is 0.721. The molecule has 21 heavy (non-hydrogen) atoms. The number of carboxylic acids is 1. The number of amides is 2. The molecule has 2 amide bonds. The molecule has 0 bridgehead atoms. The number of hydrogen-bond donors (Lipinski definition) is 4. The average Bonchev–Trinajstić information content (AvgIpc) is 2.30. The van der Waals surface area contributed by atoms with Crippen LogP contribution in [0.3, 0.4) is 0 Å². The van der Waals surface area contributed by atoms with Gasteiger partial charge in [0.25, 0.3) is 5.91 Å². The molecule has 0 fully saturated rings. The Morgan fingerprint density at radius 1 is 1.10 bits per heavy atom. The molecule has 5 N–H and O–H groups in total. The van der Waals surface area contributed by atoms with Crippen molar-refractivity contribution in [2.45, 2.75) is 45.8 Å². The molecule has 0 saturated heterocycles. The number of rotatable bonds is 3. The first kappa shape index (κ1) is 18.5. The third-order valence-electron chi connectivity index (χ3n) is 1.82. The SMILES string of the molecule is CC(C)(C)OC(=O)NNC(=O)C(C)(C)ON=C(N)C(=O)O. The van der Waals surface area contributed by atoms with Crippen LogP contribution in [0.5, 0.6) is 0 Å². The smallest absolute Gasteiger partial charge is 0.426 e. The Morgan fingerprint density at radius 3 is 2.05 bits per heavy atom. The van der Waals surface area contributed by atoms with Crippen molar-refractivity contribution in [3.8, 4) is 0 Å². The fraction of sp³-hybridized carbons (Fsp3) is 0.636. The second-order valence-corrected chi connectivity index (χ2v) is 5.46. The number of amidine groups is 1. The van der Waals surface area contributed by atoms with Gasteiger partial charge in [0.1, 0.15) is 5.60 Å². The molecule has 120 valence electrons. The highest BCUT2D eigenvalue weighted by Gasteiger charge is 2.31. The summed E-state index contributed by atoms with van der Waals surface area (Å²) in [5.41, 5.74) is 6.81. The first-order valence-corrected chi connectivity index (χ1v) is 5.89. The molecule has 10 heteroatoms. The maximum atomic E-state index is 11.8. The molecule has 0 aromatic heterocycles. The number of oxime groups is 1. The standard InChI is InChI=1S/C11H20N4O6/c1-10(2,3)20-9(19)14-13-8(18)11(4,5)21-15-6(12)7(16)17/h1-5H3,(H2,12,15)(H,13,18)(H,14,19)(H,16,17). The number of ether oxygens (including phenoxy) is 1. The Kier molecular flexibility index (Phi) is 5.96. The number of hydrogen-bond acceptors (Lipinski definition) is 6. The van der Waals surface area contributed by atoms with Crippen molar-refractivity contribution in [2.24, 2.45) is 10.9 Å². The predicted octanol–water partition coefficient (Wildman–Crippen LogP) is -0.306. The molecule has 0 unspecified atom stereocenters. The molecule has 10 nitrogen and oxygen atoms in total. The number of nitrogens with two attached hydrogens (primary N) is 1. The van der Waals surface area contributed by atoms with Crippen LogP contribution >= 0.6 is 0 Å². The van der Waals surface area contributed by atoms with Crippen LogP contribution in [0.1, 0.15) is 34.6 Å². The largest absolute Gasteiger partial charge is 0.475 e. The molecule has 0 spiro atoms. The van der Waals surface area contributed by atoms with E-state index < -0.39 is 35.0 Å². The van der Waals surface area contributed by atoms with Crippen LogP contribution in [-0.4, -0.2) is 40.1 Å². The Labute approximate surface area is 121 Å². The van der Waals surface area contributed by atoms with E-state index in [1.807, 2.05) is 5.43 Å². The molecule has 0 rings (SSSR count). The van der Waals surface area contributed by atoms with Crippen molar-refractivity contribution in [1.29, 1.82) is 0 Å². The number of hydrazine groups is 1. The average molecular weight is 304 g/mol. The highest BCUT2D eigenvalue weighted by Crippen LogP contribution is 2.09. The molecule has 0 aromatic carbocycles. The maximum absolute atomic E-state index is 11.8. The zero-order valence-corrected chi connectivity index (χ0v) is 12.5. The van der Waals surface area contributed by atoms with E-state index in [0.717, 1.165) is 0 Å². The van der Waals surface area contributed by atoms with Crippen LogP contribution in [0, 0.1) is 0 Å². The van der Waals surface area contributed by atoms with Crippen LogP contribution in [0.4, 0.5) is 4.79 Å². The monoisotopic (exact) mass is 304 g/mol. The van der Waals surface area contributed by atoms with Crippen molar-refractivity contribution in [1.82, 2.24) is 10.9 Å². The molecule has 0 aliphatic carbocycles. The van der Waals surface area contributed by atoms with Gasteiger partial charge in [-0.1, -0.05) is 5.16 Å². The first-order valence-electron chi connectivity index (χ1n) is 5.89. The number of nitrogens with one attached hydrogen (secondary N) is 2. The highest BCUT2D eigenvalue weighted by molar-refractivity contribution is 6.33. The van der Waals surface area contributed by atoms with Crippen LogP contribution in [0.25, 0.3) is 0 Å². The van der Waals surface area contributed by atoms with E-state index in [2.05, 4.69) is 10.6 Å². The van der Waals surface area contributed by atoms with Gasteiger partial charge in [0.15, 0.2) is 0 Å². The van der Waals surface area contributed by atoms with Crippen molar-refractivity contribution < 1.29 is 29.1 Å². The van der Waals surface area contributed by atoms with E-state index >= 15 is 0 Å². The fourth-order valence-corrected chi connectivity index (χ4v) is 0.806. The predicted molar refractivity (Wildman–Crippen MR) is 71.9 cm³/mol. The summed E-state index contributed by atoms with van der Waals surface area (Å²) in [7, 11) is 0. The fourth-order valence-electron chi connectivity index (χ4n) is 0.806. The number of aliphatic carboxylic acids is 1. The highest BCUT2D eigenvalue weighted by atomic mass is 16.7. The topological polar surface area (TPSA) is 152 Å². The Bertz CT molecular complexity index is 452. The summed E-state index contributed by atoms with van der Waals surface area (Å²) in [5, 5.41) is 11.6. The van der Waals surface area contributed by atoms with Crippen LogP contribution in [0.2, 0.25) is 0 Å². The van der Waals surface area contributed by atoms with E-state index in [1.54, 1.807) is 20.8 Å². The summed E-state index contributed by atoms with van der Waals surface area (Å²) in [6.07, 6.45) is -0.861. The van der Waals surface area contributed by atoms with E-state index in [0.29, 0.717) is 0 Å². The summed E-state index contributed by atoms with van der Waals surface area (Å²) in [6, 6.07) is 0. The third kappa shape index (κ3) is 7.60. The lowest BCUT2D eigenvalue weighted by atomic mass is 10.1. The number of nitrogens with zero attached hydrogens (tertiary/aromatic N) is 1. The van der Waals surface area contributed by atoms with Gasteiger partial charge in [-0.05, 0) is 34.6 Å². The lowest BCUT2D eigenvalue weighted by Gasteiger charge is -2.23. The van der Waals surface area contributed by atoms with Crippen molar-refractivity contribution in [2.75, 3.05) is 0 Å². The van der Waals surface area contributed by atoms with Gasteiger partial charge in [0.2, 0.25) is 11.4 Å². The van der Waals surface area contributed by atoms with Gasteiger partial charge in [-0.2, -0.15) is 0 Å². The van der Waals surface area contributed by atoms with Crippen molar-refractivity contribution in [3.63, 3.8) is 0 Å². The third-order valence-corrected chi connectivity index (χ3v) is 1.82. The van der Waals surface area contributed by atoms with Gasteiger partial charge in [-0.25, -0.2) is 15.0 Å². The zero-order valence-electron chi connectivity index (χ0n) is 12.5. The molecule has 0 saturated carbocycles. The lowest BCUT2D eigenvalue weighted by molar-refractivity contribution is -0.144. The van der Waals surface area contributed by atoms with Gasteiger partial charge in [-0.15, -0.1) is 0 Å². The minimum Gasteiger partial charge on any atom is -0.475 e. The Balaban J connectivity index is 4.47. The zero-order chi connectivity index (χ0) is 16.8. The second-order valence-electron chi connectivity index (χ2n) is 5.46. The summed E-state index contributed by atoms with van der Waals surface area (Å²) in [5.74, 6) is -3.08. The second kappa shape index (κ2) is 6.77. The maximum Gasteiger partial charge on any atom is 0.426 e. The Hall–Kier alpha value is -2.52. The minimum atomic E-state index is -1.56. The summed E-state index contributed by atoms with van der Waals surface area (Å²) < 4.78 is 4.90.